The Bertz CT molecular complexity index is 176. The van der Waals surface area contributed by atoms with Crippen LogP contribution in [0.3, 0.4) is 0 Å². The molecule has 4 heteroatoms. The Morgan fingerprint density at radius 3 is 2.25 bits per heavy atom. The van der Waals surface area contributed by atoms with Crippen molar-refractivity contribution >= 4 is 60.3 Å². The Morgan fingerprint density at radius 1 is 1.50 bits per heavy atom. The molecule has 0 fully saturated rings. The predicted molar refractivity (Wildman–Crippen MR) is 46.1 cm³/mol. The first-order valence-electron chi connectivity index (χ1n) is 1.80. The minimum absolute atomic E-state index is 0.222. The van der Waals surface area contributed by atoms with Crippen LogP contribution in [0, 0.1) is 3.57 Å². The van der Waals surface area contributed by atoms with E-state index in [1.165, 1.54) is 0 Å². The van der Waals surface area contributed by atoms with Crippen LogP contribution in [0.2, 0.25) is 7.79 Å². The second-order valence-electron chi connectivity index (χ2n) is 1.17. The summed E-state index contributed by atoms with van der Waals surface area (Å²) in [6.07, 6.45) is 0. The Hall–Kier alpha value is 1.31. The summed E-state index contributed by atoms with van der Waals surface area (Å²) in [4.78, 5) is 0. The van der Waals surface area contributed by atoms with Crippen molar-refractivity contribution in [2.75, 3.05) is 0 Å². The molecule has 0 nitrogen and oxygen atoms in total. The third kappa shape index (κ3) is 1.64. The van der Waals surface area contributed by atoms with Crippen molar-refractivity contribution in [3.05, 3.63) is 17.4 Å². The standard InChI is InChI=1S/C4HCl2ISe/c5-3-1-2(7)4(6)8-3/h1H. The van der Waals surface area contributed by atoms with Crippen LogP contribution in [0.1, 0.15) is 0 Å². The predicted octanol–water partition coefficient (Wildman–Crippen LogP) is 2.66. The number of hydrogen-bond donors (Lipinski definition) is 0. The van der Waals surface area contributed by atoms with Gasteiger partial charge in [0, 0.05) is 0 Å². The van der Waals surface area contributed by atoms with Crippen molar-refractivity contribution in [3.8, 4) is 0 Å². The van der Waals surface area contributed by atoms with Crippen molar-refractivity contribution in [1.29, 1.82) is 0 Å². The van der Waals surface area contributed by atoms with Gasteiger partial charge in [-0.3, -0.25) is 0 Å². The first-order valence-corrected chi connectivity index (χ1v) is 5.35. The van der Waals surface area contributed by atoms with E-state index in [0.29, 0.717) is 0 Å². The molecule has 0 aliphatic heterocycles. The molecule has 0 saturated carbocycles. The van der Waals surface area contributed by atoms with Gasteiger partial charge in [0.1, 0.15) is 0 Å². The van der Waals surface area contributed by atoms with Gasteiger partial charge in [0.15, 0.2) is 0 Å². The van der Waals surface area contributed by atoms with E-state index in [9.17, 15) is 0 Å². The molecule has 1 rings (SSSR count). The summed E-state index contributed by atoms with van der Waals surface area (Å²) in [5, 5.41) is 0. The molecule has 1 aromatic rings. The van der Waals surface area contributed by atoms with Gasteiger partial charge in [-0.2, -0.15) is 0 Å². The summed E-state index contributed by atoms with van der Waals surface area (Å²) in [6.45, 7) is 0. The fraction of sp³-hybridized carbons (Fsp3) is 0. The molecule has 0 atom stereocenters. The van der Waals surface area contributed by atoms with Gasteiger partial charge in [-0.1, -0.05) is 0 Å². The molecule has 1 heterocycles. The van der Waals surface area contributed by atoms with E-state index in [-0.39, 0.29) is 14.5 Å². The van der Waals surface area contributed by atoms with E-state index in [0.717, 1.165) is 11.4 Å². The average molecular weight is 326 g/mol. The van der Waals surface area contributed by atoms with Gasteiger partial charge in [0.2, 0.25) is 0 Å². The molecule has 0 amide bonds. The Morgan fingerprint density at radius 2 is 2.12 bits per heavy atom. The first kappa shape index (κ1) is 7.42. The maximum absolute atomic E-state index is 5.72. The summed E-state index contributed by atoms with van der Waals surface area (Å²) < 4.78 is 2.91. The van der Waals surface area contributed by atoms with Gasteiger partial charge in [-0.05, 0) is 0 Å². The topological polar surface area (TPSA) is 0 Å². The van der Waals surface area contributed by atoms with Crippen LogP contribution in [0.4, 0.5) is 0 Å². The molecule has 0 N–H and O–H groups in total. The Balaban J connectivity index is 3.14. The third-order valence-corrected chi connectivity index (χ3v) is 5.22. The van der Waals surface area contributed by atoms with E-state index in [1.54, 1.807) is 0 Å². The van der Waals surface area contributed by atoms with Crippen molar-refractivity contribution < 1.29 is 0 Å². The second-order valence-corrected chi connectivity index (χ2v) is 6.34. The molecule has 0 aliphatic rings. The summed E-state index contributed by atoms with van der Waals surface area (Å²) in [6, 6.07) is 1.91. The van der Waals surface area contributed by atoms with Gasteiger partial charge in [-0.25, -0.2) is 0 Å². The number of hydrogen-bond acceptors (Lipinski definition) is 0. The molecular weight excluding hydrogens is 325 g/mol. The number of rotatable bonds is 0. The molecule has 44 valence electrons. The van der Waals surface area contributed by atoms with Crippen molar-refractivity contribution in [2.24, 2.45) is 0 Å². The zero-order chi connectivity index (χ0) is 6.15. The summed E-state index contributed by atoms with van der Waals surface area (Å²) in [5.74, 6) is 0. The van der Waals surface area contributed by atoms with E-state index in [2.05, 4.69) is 22.6 Å². The fourth-order valence-electron chi connectivity index (χ4n) is 0.320. The summed E-state index contributed by atoms with van der Waals surface area (Å²) in [5.41, 5.74) is 0. The zero-order valence-electron chi connectivity index (χ0n) is 3.62. The average Bonchev–Trinajstić information content (AvgIpc) is 1.85. The van der Waals surface area contributed by atoms with Crippen LogP contribution in [-0.2, 0) is 0 Å². The van der Waals surface area contributed by atoms with E-state index < -0.39 is 0 Å². The molecule has 0 aliphatic carbocycles. The monoisotopic (exact) mass is 326 g/mol. The second kappa shape index (κ2) is 2.93. The molecule has 0 saturated heterocycles. The molecule has 0 aromatic carbocycles. The summed E-state index contributed by atoms with van der Waals surface area (Å²) in [7, 11) is 0. The van der Waals surface area contributed by atoms with Crippen LogP contribution in [0.25, 0.3) is 0 Å². The summed E-state index contributed by atoms with van der Waals surface area (Å²) >= 11 is 13.8. The van der Waals surface area contributed by atoms with Crippen molar-refractivity contribution in [2.45, 2.75) is 0 Å². The third-order valence-electron chi connectivity index (χ3n) is 0.615. The molecule has 0 unspecified atom stereocenters. The molecule has 0 bridgehead atoms. The maximum atomic E-state index is 5.72. The zero-order valence-corrected chi connectivity index (χ0v) is 9.00. The first-order chi connectivity index (χ1) is 3.70. The van der Waals surface area contributed by atoms with Gasteiger partial charge in [-0.15, -0.1) is 0 Å². The molecule has 1 aromatic heterocycles. The minimum atomic E-state index is 0.222. The van der Waals surface area contributed by atoms with E-state index in [4.69, 9.17) is 23.2 Å². The normalized spacial score (nSPS) is 9.88. The molecule has 8 heavy (non-hydrogen) atoms. The fourth-order valence-corrected chi connectivity index (χ4v) is 4.12. The van der Waals surface area contributed by atoms with E-state index >= 15 is 0 Å². The Labute approximate surface area is 77.1 Å². The molecule has 0 radical (unpaired) electrons. The molecule has 0 spiro atoms. The van der Waals surface area contributed by atoms with Gasteiger partial charge < -0.3 is 0 Å². The van der Waals surface area contributed by atoms with Gasteiger partial charge in [0.05, 0.1) is 0 Å². The molecular formula is C4HCl2ISe. The van der Waals surface area contributed by atoms with Crippen molar-refractivity contribution in [1.82, 2.24) is 0 Å². The Kier molecular flexibility index (Phi) is 2.72. The van der Waals surface area contributed by atoms with Crippen LogP contribution >= 0.6 is 45.8 Å². The van der Waals surface area contributed by atoms with E-state index in [1.807, 2.05) is 6.07 Å². The van der Waals surface area contributed by atoms with Crippen molar-refractivity contribution in [3.63, 3.8) is 0 Å². The van der Waals surface area contributed by atoms with Gasteiger partial charge >= 0.3 is 77.7 Å². The van der Waals surface area contributed by atoms with Crippen LogP contribution < -0.4 is 0 Å². The quantitative estimate of drug-likeness (QED) is 0.508. The SMILES string of the molecule is Clc1cc(I)c(Cl)[se]1. The van der Waals surface area contributed by atoms with Crippen LogP contribution in [0.15, 0.2) is 6.07 Å². The number of halogens is 3. The van der Waals surface area contributed by atoms with Crippen LogP contribution in [-0.4, -0.2) is 14.5 Å². The van der Waals surface area contributed by atoms with Crippen LogP contribution in [0.5, 0.6) is 0 Å². The van der Waals surface area contributed by atoms with Gasteiger partial charge in [0.25, 0.3) is 0 Å².